The molecule has 0 aromatic heterocycles. The fourth-order valence-corrected chi connectivity index (χ4v) is 2.54. The van der Waals surface area contributed by atoms with E-state index in [9.17, 15) is 14.3 Å². The number of hydrogen-bond acceptors (Lipinski definition) is 4. The van der Waals surface area contributed by atoms with Gasteiger partial charge in [0.2, 0.25) is 0 Å². The first-order chi connectivity index (χ1) is 8.40. The number of nitro benzene ring substituents is 1. The van der Waals surface area contributed by atoms with E-state index in [-0.39, 0.29) is 11.7 Å². The van der Waals surface area contributed by atoms with E-state index in [0.717, 1.165) is 0 Å². The maximum Gasteiger partial charge on any atom is 0.275 e. The number of nitro groups is 1. The van der Waals surface area contributed by atoms with Gasteiger partial charge in [-0.1, -0.05) is 11.6 Å². The Balaban J connectivity index is 2.72. The van der Waals surface area contributed by atoms with Crippen molar-refractivity contribution in [1.82, 2.24) is 5.32 Å². The summed E-state index contributed by atoms with van der Waals surface area (Å²) in [6.07, 6.45) is 1.63. The van der Waals surface area contributed by atoms with Crippen LogP contribution in [0.5, 0.6) is 0 Å². The SMILES string of the molecule is CC(CS(C)=O)NCc1ccc(Cl)cc1[N+](=O)[O-]. The predicted octanol–water partition coefficient (Wildman–Crippen LogP) is 2.10. The molecule has 1 aromatic carbocycles. The summed E-state index contributed by atoms with van der Waals surface area (Å²) in [4.78, 5) is 10.4. The van der Waals surface area contributed by atoms with E-state index >= 15 is 0 Å². The maximum atomic E-state index is 11.0. The second-order valence-electron chi connectivity index (χ2n) is 4.05. The molecule has 1 rings (SSSR count). The molecule has 100 valence electrons. The minimum Gasteiger partial charge on any atom is -0.309 e. The highest BCUT2D eigenvalue weighted by Crippen LogP contribution is 2.23. The molecule has 2 atom stereocenters. The molecule has 0 aliphatic rings. The summed E-state index contributed by atoms with van der Waals surface area (Å²) in [5.74, 6) is 0.515. The van der Waals surface area contributed by atoms with Gasteiger partial charge in [-0.3, -0.25) is 14.3 Å². The molecule has 0 spiro atoms. The first kappa shape index (κ1) is 15.1. The van der Waals surface area contributed by atoms with E-state index in [1.165, 1.54) is 6.07 Å². The Morgan fingerprint density at radius 3 is 2.78 bits per heavy atom. The molecule has 0 bridgehead atoms. The van der Waals surface area contributed by atoms with Crippen molar-refractivity contribution in [3.05, 3.63) is 38.9 Å². The largest absolute Gasteiger partial charge is 0.309 e. The Kier molecular flexibility index (Phi) is 5.71. The van der Waals surface area contributed by atoms with E-state index in [1.807, 2.05) is 6.92 Å². The molecule has 1 N–H and O–H groups in total. The van der Waals surface area contributed by atoms with E-state index in [0.29, 0.717) is 22.9 Å². The first-order valence-corrected chi connectivity index (χ1v) is 7.47. The van der Waals surface area contributed by atoms with Gasteiger partial charge in [0.1, 0.15) is 0 Å². The minimum absolute atomic E-state index is 0.000166. The quantitative estimate of drug-likeness (QED) is 0.643. The van der Waals surface area contributed by atoms with Crippen LogP contribution in [0.25, 0.3) is 0 Å². The van der Waals surface area contributed by atoms with Crippen molar-refractivity contribution in [3.8, 4) is 0 Å². The predicted molar refractivity (Wildman–Crippen MR) is 73.3 cm³/mol. The van der Waals surface area contributed by atoms with E-state index in [1.54, 1.807) is 18.4 Å². The van der Waals surface area contributed by atoms with Gasteiger partial charge in [0, 0.05) is 52.0 Å². The van der Waals surface area contributed by atoms with Crippen LogP contribution >= 0.6 is 11.6 Å². The van der Waals surface area contributed by atoms with Gasteiger partial charge in [-0.15, -0.1) is 0 Å². The van der Waals surface area contributed by atoms with Crippen molar-refractivity contribution in [2.24, 2.45) is 0 Å². The van der Waals surface area contributed by atoms with Crippen LogP contribution in [0.3, 0.4) is 0 Å². The van der Waals surface area contributed by atoms with Crippen LogP contribution in [0.1, 0.15) is 12.5 Å². The van der Waals surface area contributed by atoms with Gasteiger partial charge >= 0.3 is 0 Å². The Labute approximate surface area is 113 Å². The summed E-state index contributed by atoms with van der Waals surface area (Å²) in [7, 11) is -0.889. The first-order valence-electron chi connectivity index (χ1n) is 5.36. The molecule has 0 fully saturated rings. The molecule has 0 amide bonds. The lowest BCUT2D eigenvalue weighted by molar-refractivity contribution is -0.385. The maximum absolute atomic E-state index is 11.0. The van der Waals surface area contributed by atoms with Crippen molar-refractivity contribution < 1.29 is 9.13 Å². The van der Waals surface area contributed by atoms with E-state index in [4.69, 9.17) is 11.6 Å². The lowest BCUT2D eigenvalue weighted by atomic mass is 10.1. The van der Waals surface area contributed by atoms with Crippen LogP contribution in [-0.4, -0.2) is 27.2 Å². The minimum atomic E-state index is -0.889. The molecule has 0 radical (unpaired) electrons. The molecular formula is C11H15ClN2O3S. The van der Waals surface area contributed by atoms with Crippen molar-refractivity contribution in [2.75, 3.05) is 12.0 Å². The molecule has 18 heavy (non-hydrogen) atoms. The van der Waals surface area contributed by atoms with Crippen LogP contribution in [0, 0.1) is 10.1 Å². The molecule has 0 saturated carbocycles. The number of nitrogens with zero attached hydrogens (tertiary/aromatic N) is 1. The Hall–Kier alpha value is -0.980. The number of halogens is 1. The van der Waals surface area contributed by atoms with Gasteiger partial charge < -0.3 is 5.32 Å². The summed E-state index contributed by atoms with van der Waals surface area (Å²) in [6.45, 7) is 2.25. The summed E-state index contributed by atoms with van der Waals surface area (Å²) in [6, 6.07) is 4.62. The third-order valence-electron chi connectivity index (χ3n) is 2.37. The monoisotopic (exact) mass is 290 g/mol. The average molecular weight is 291 g/mol. The second kappa shape index (κ2) is 6.82. The van der Waals surface area contributed by atoms with E-state index in [2.05, 4.69) is 5.32 Å². The van der Waals surface area contributed by atoms with Gasteiger partial charge in [-0.25, -0.2) is 0 Å². The Morgan fingerprint density at radius 2 is 2.22 bits per heavy atom. The topological polar surface area (TPSA) is 72.2 Å². The van der Waals surface area contributed by atoms with Gasteiger partial charge in [-0.05, 0) is 19.1 Å². The van der Waals surface area contributed by atoms with Crippen LogP contribution in [-0.2, 0) is 17.3 Å². The van der Waals surface area contributed by atoms with Crippen molar-refractivity contribution >= 4 is 28.1 Å². The number of benzene rings is 1. The lowest BCUT2D eigenvalue weighted by Crippen LogP contribution is -2.30. The highest BCUT2D eigenvalue weighted by molar-refractivity contribution is 7.84. The van der Waals surface area contributed by atoms with Gasteiger partial charge in [-0.2, -0.15) is 0 Å². The zero-order chi connectivity index (χ0) is 13.7. The molecule has 0 aliphatic heterocycles. The smallest absolute Gasteiger partial charge is 0.275 e. The Bertz CT molecular complexity index is 468. The lowest BCUT2D eigenvalue weighted by Gasteiger charge is -2.12. The molecule has 1 aromatic rings. The van der Waals surface area contributed by atoms with Crippen LogP contribution in [0.15, 0.2) is 18.2 Å². The highest BCUT2D eigenvalue weighted by atomic mass is 35.5. The fraction of sp³-hybridized carbons (Fsp3) is 0.455. The Morgan fingerprint density at radius 1 is 1.56 bits per heavy atom. The van der Waals surface area contributed by atoms with Crippen LogP contribution in [0.2, 0.25) is 5.02 Å². The zero-order valence-electron chi connectivity index (χ0n) is 10.2. The molecule has 0 saturated heterocycles. The fourth-order valence-electron chi connectivity index (χ4n) is 1.55. The van der Waals surface area contributed by atoms with Crippen LogP contribution < -0.4 is 5.32 Å². The van der Waals surface area contributed by atoms with Crippen molar-refractivity contribution in [2.45, 2.75) is 19.5 Å². The van der Waals surface area contributed by atoms with Gasteiger partial charge in [0.25, 0.3) is 5.69 Å². The molecule has 0 heterocycles. The molecule has 7 heteroatoms. The number of hydrogen-bond donors (Lipinski definition) is 1. The third-order valence-corrected chi connectivity index (χ3v) is 3.57. The summed E-state index contributed by atoms with van der Waals surface area (Å²) in [5, 5.41) is 14.3. The van der Waals surface area contributed by atoms with Gasteiger partial charge in [0.15, 0.2) is 0 Å². The number of rotatable bonds is 6. The molecule has 5 nitrogen and oxygen atoms in total. The van der Waals surface area contributed by atoms with Crippen LogP contribution in [0.4, 0.5) is 5.69 Å². The summed E-state index contributed by atoms with van der Waals surface area (Å²) >= 11 is 5.73. The summed E-state index contributed by atoms with van der Waals surface area (Å²) in [5.41, 5.74) is 0.568. The normalized spacial score (nSPS) is 14.2. The van der Waals surface area contributed by atoms with Gasteiger partial charge in [0.05, 0.1) is 4.92 Å². The standard InChI is InChI=1S/C11H15ClN2O3S/c1-8(7-18(2)17)13-6-9-3-4-10(12)5-11(9)14(15)16/h3-5,8,13H,6-7H2,1-2H3. The zero-order valence-corrected chi connectivity index (χ0v) is 11.8. The summed E-state index contributed by atoms with van der Waals surface area (Å²) < 4.78 is 11.0. The molecule has 2 unspecified atom stereocenters. The van der Waals surface area contributed by atoms with Crippen molar-refractivity contribution in [1.29, 1.82) is 0 Å². The molecular weight excluding hydrogens is 276 g/mol. The van der Waals surface area contributed by atoms with E-state index < -0.39 is 15.7 Å². The third kappa shape index (κ3) is 4.72. The average Bonchev–Trinajstić information content (AvgIpc) is 2.26. The molecule has 0 aliphatic carbocycles. The highest BCUT2D eigenvalue weighted by Gasteiger charge is 2.14. The van der Waals surface area contributed by atoms with Crippen molar-refractivity contribution in [3.63, 3.8) is 0 Å². The second-order valence-corrected chi connectivity index (χ2v) is 5.97. The number of nitrogens with one attached hydrogen (secondary N) is 1.